The van der Waals surface area contributed by atoms with Crippen molar-refractivity contribution < 1.29 is 33.5 Å². The fraction of sp³-hybridized carbons (Fsp3) is 0.358. The van der Waals surface area contributed by atoms with Crippen LogP contribution in [0, 0.1) is 13.8 Å². The molecule has 5 aliphatic heterocycles. The summed E-state index contributed by atoms with van der Waals surface area (Å²) >= 11 is 17.9. The highest BCUT2D eigenvalue weighted by Gasteiger charge is 2.38. The number of hydrogen-bond donors (Lipinski definition) is 6. The Kier molecular flexibility index (Phi) is 37.6. The van der Waals surface area contributed by atoms with Crippen LogP contribution in [0.2, 0.25) is 15.1 Å². The van der Waals surface area contributed by atoms with Gasteiger partial charge in [0.2, 0.25) is 35.4 Å². The molecule has 6 amide bonds. The summed E-state index contributed by atoms with van der Waals surface area (Å²) in [6.07, 6.45) is 16.7. The Bertz CT molecular complexity index is 5160. The normalized spacial score (nSPS) is 20.0. The summed E-state index contributed by atoms with van der Waals surface area (Å²) in [6.45, 7) is 19.5. The van der Waals surface area contributed by atoms with Crippen molar-refractivity contribution in [3.05, 3.63) is 362 Å². The third-order valence-electron chi connectivity index (χ3n) is 26.0. The molecule has 5 fully saturated rings. The predicted octanol–water partition coefficient (Wildman–Crippen LogP) is 17.1. The lowest BCUT2D eigenvalue weighted by Crippen LogP contribution is -2.50. The number of nitrogens with one attached hydrogen (secondary N) is 6. The van der Waals surface area contributed by atoms with Crippen LogP contribution in [-0.2, 0) is 40.0 Å². The van der Waals surface area contributed by atoms with Gasteiger partial charge in [-0.3, -0.25) is 38.6 Å². The molecule has 10 aromatic rings. The van der Waals surface area contributed by atoms with Crippen molar-refractivity contribution >= 4 is 88.5 Å². The monoisotopic (exact) mass is 1820 g/mol. The van der Waals surface area contributed by atoms with E-state index in [0.29, 0.717) is 98.9 Å². The molecule has 0 saturated carbocycles. The Balaban J connectivity index is 0.000000167. The summed E-state index contributed by atoms with van der Waals surface area (Å²) in [5.41, 5.74) is 12.3. The Morgan fingerprint density at radius 2 is 0.641 bits per heavy atom. The summed E-state index contributed by atoms with van der Waals surface area (Å²) in [6, 6.07) is 88.9. The second kappa shape index (κ2) is 50.5. The largest absolute Gasteiger partial charge is 0.379 e. The van der Waals surface area contributed by atoms with E-state index in [2.05, 4.69) is 237 Å². The van der Waals surface area contributed by atoms with E-state index in [4.69, 9.17) is 39.5 Å². The summed E-state index contributed by atoms with van der Waals surface area (Å²) in [5.74, 6) is 0.110. The number of hydrogen-bond acceptors (Lipinski definition) is 12. The number of rotatable bonds is 33. The van der Waals surface area contributed by atoms with Crippen molar-refractivity contribution in [3.63, 3.8) is 0 Å². The lowest BCUT2D eigenvalue weighted by molar-refractivity contribution is -0.133. The van der Waals surface area contributed by atoms with Gasteiger partial charge >= 0.3 is 0 Å². The van der Waals surface area contributed by atoms with E-state index in [1.165, 1.54) is 69.8 Å². The van der Waals surface area contributed by atoms with Gasteiger partial charge in [0, 0.05) is 184 Å². The van der Waals surface area contributed by atoms with E-state index in [-0.39, 0.29) is 89.4 Å². The van der Waals surface area contributed by atoms with Gasteiger partial charge < -0.3 is 55.9 Å². The zero-order valence-electron chi connectivity index (χ0n) is 75.9. The summed E-state index contributed by atoms with van der Waals surface area (Å²) in [5, 5.41) is 22.0. The molecule has 6 heterocycles. The average molecular weight is 1820 g/mol. The first-order valence-electron chi connectivity index (χ1n) is 46.6. The molecule has 2 unspecified atom stereocenters. The quantitative estimate of drug-likeness (QED) is 0.0213. The minimum absolute atomic E-state index is 0.0119. The number of nitrogens with zero attached hydrogens (tertiary/aromatic N) is 6. The average Bonchev–Trinajstić information content (AvgIpc) is 1.81. The maximum Gasteiger partial charge on any atom is 0.244 e. The molecule has 0 bridgehead atoms. The zero-order chi connectivity index (χ0) is 91.6. The molecule has 0 aliphatic carbocycles. The van der Waals surface area contributed by atoms with Crippen LogP contribution in [0.1, 0.15) is 144 Å². The molecule has 1 aromatic heterocycles. The smallest absolute Gasteiger partial charge is 0.244 e. The van der Waals surface area contributed by atoms with Crippen molar-refractivity contribution in [1.82, 2.24) is 61.0 Å². The second-order valence-corrected chi connectivity index (χ2v) is 36.4. The number of aromatic nitrogens is 1. The Hall–Kier alpha value is -11.1. The molecule has 5 saturated heterocycles. The van der Waals surface area contributed by atoms with Crippen LogP contribution in [0.4, 0.5) is 0 Å². The fourth-order valence-electron chi connectivity index (χ4n) is 18.4. The highest BCUT2D eigenvalue weighted by Crippen LogP contribution is 2.33. The van der Waals surface area contributed by atoms with Crippen LogP contribution in [0.25, 0.3) is 18.2 Å². The highest BCUT2D eigenvalue weighted by atomic mass is 35.5. The molecule has 15 rings (SSSR count). The number of amides is 6. The van der Waals surface area contributed by atoms with Gasteiger partial charge in [-0.05, 0) is 196 Å². The topological polar surface area (TPSA) is 205 Å². The van der Waals surface area contributed by atoms with Crippen molar-refractivity contribution in [2.45, 2.75) is 152 Å². The van der Waals surface area contributed by atoms with Gasteiger partial charge in [0.25, 0.3) is 0 Å². The number of carbonyl (C=O) groups is 6. The molecular formula is C109H127Cl3N12O7. The lowest BCUT2D eigenvalue weighted by atomic mass is 9.90. The van der Waals surface area contributed by atoms with Crippen LogP contribution in [-0.4, -0.2) is 211 Å². The molecule has 9 aromatic carbocycles. The maximum absolute atomic E-state index is 14.2. The Morgan fingerprint density at radius 1 is 0.366 bits per heavy atom. The van der Waals surface area contributed by atoms with E-state index in [1.807, 2.05) is 82.6 Å². The first kappa shape index (κ1) is 97.5. The molecule has 22 heteroatoms. The molecule has 0 spiro atoms. The molecule has 0 radical (unpaired) electrons. The first-order valence-corrected chi connectivity index (χ1v) is 47.7. The number of aryl methyl sites for hydroxylation is 2. The van der Waals surface area contributed by atoms with E-state index in [9.17, 15) is 28.8 Å². The van der Waals surface area contributed by atoms with Crippen molar-refractivity contribution in [2.24, 2.45) is 0 Å². The Labute approximate surface area is 789 Å². The van der Waals surface area contributed by atoms with Gasteiger partial charge in [-0.25, -0.2) is 0 Å². The number of benzene rings is 9. The zero-order valence-corrected chi connectivity index (χ0v) is 78.1. The van der Waals surface area contributed by atoms with E-state index in [0.717, 1.165) is 88.3 Å². The van der Waals surface area contributed by atoms with Crippen molar-refractivity contribution in [2.75, 3.05) is 98.3 Å². The van der Waals surface area contributed by atoms with Crippen LogP contribution in [0.5, 0.6) is 0 Å². The highest BCUT2D eigenvalue weighted by molar-refractivity contribution is 6.31. The summed E-state index contributed by atoms with van der Waals surface area (Å²) in [4.78, 5) is 91.6. The number of ether oxygens (including phenoxy) is 1. The maximum atomic E-state index is 14.2. The van der Waals surface area contributed by atoms with Gasteiger partial charge in [0.1, 0.15) is 0 Å². The lowest BCUT2D eigenvalue weighted by Gasteiger charge is -2.31. The van der Waals surface area contributed by atoms with Crippen LogP contribution in [0.3, 0.4) is 0 Å². The third kappa shape index (κ3) is 30.0. The number of halogens is 3. The fourth-order valence-corrected chi connectivity index (χ4v) is 18.8. The molecule has 686 valence electrons. The molecule has 6 N–H and O–H groups in total. The third-order valence-corrected chi connectivity index (χ3v) is 26.7. The van der Waals surface area contributed by atoms with E-state index < -0.39 is 0 Å². The first-order chi connectivity index (χ1) is 63.8. The van der Waals surface area contributed by atoms with Gasteiger partial charge in [-0.15, -0.1) is 0 Å². The molecule has 19 nitrogen and oxygen atoms in total. The number of morpholine rings is 1. The van der Waals surface area contributed by atoms with Gasteiger partial charge in [0.05, 0.1) is 31.3 Å². The van der Waals surface area contributed by atoms with Gasteiger partial charge in [0.15, 0.2) is 0 Å². The van der Waals surface area contributed by atoms with Gasteiger partial charge in [-0.1, -0.05) is 253 Å². The summed E-state index contributed by atoms with van der Waals surface area (Å²) < 4.78 is 7.78. The second-order valence-electron chi connectivity index (χ2n) is 35.1. The standard InChI is InChI=1S/C37H45ClN4O2.C37H41ClN4O2.C35H41ClN4O3/c2*1-27-13-14-28(2)42(27)24-22-35-37(44)41(26-34(30-9-5-3-6-10-30)31-11-7-4-8-12-31)23-21-33(40-35)25-39-36(43)20-17-29-15-18-32(38)19-16-29;36-30-14-11-27(12-15-30)13-16-34(41)37-25-31-17-20-40(35(42)33(38-31)18-19-39-21-23-43-24-22-39)26-32(28-7-3-1-4-8-28)29-9-5-2-6-10-29/h3-12,15-20,27-28,33-35,40H,13-14,21-26H2,1-2H3,(H,39,43);3-20,33-35,40H,21-26H2,1-2H3,(H,39,43);1-16,31-33,38H,17-26H2,(H,37,41)/b2*20-17+;16-13+/t27?,28?,33-,35-;33-,35-;31-,33-/m000/s1. The molecule has 8 atom stereocenters. The summed E-state index contributed by atoms with van der Waals surface area (Å²) in [7, 11) is 0. The van der Waals surface area contributed by atoms with Crippen LogP contribution < -0.4 is 31.9 Å². The van der Waals surface area contributed by atoms with Crippen molar-refractivity contribution in [3.8, 4) is 0 Å². The predicted molar refractivity (Wildman–Crippen MR) is 530 cm³/mol. The van der Waals surface area contributed by atoms with E-state index >= 15 is 0 Å². The number of likely N-dealkylation sites (tertiary alicyclic amines) is 1. The molecule has 131 heavy (non-hydrogen) atoms. The molecule has 5 aliphatic rings. The minimum atomic E-state index is -0.364. The van der Waals surface area contributed by atoms with E-state index in [1.54, 1.807) is 60.7 Å². The SMILES string of the molecule is CC1CCC(C)N1CC[C@@H]1N[C@H](CNC(=O)/C=C/c2ccc(Cl)cc2)CCN(CC(c2ccccc2)c2ccccc2)C1=O.Cc1ccc(C)n1CC[C@@H]1N[C@H](CNC(=O)/C=C/c2ccc(Cl)cc2)CCN(CC(c2ccccc2)c2ccccc2)C1=O.O=C(/C=C/c1ccc(Cl)cc1)NC[C@@H]1CCN(CC(c2ccccc2)c2ccccc2)C(=O)[C@H](CCN2CCOCC2)N1. The van der Waals surface area contributed by atoms with Crippen LogP contribution in [0.15, 0.2) is 285 Å². The molecular weight excluding hydrogens is 1700 g/mol. The Morgan fingerprint density at radius 3 is 0.931 bits per heavy atom. The number of carbonyl (C=O) groups excluding carboxylic acids is 6. The van der Waals surface area contributed by atoms with Crippen molar-refractivity contribution in [1.29, 1.82) is 0 Å². The van der Waals surface area contributed by atoms with Crippen LogP contribution >= 0.6 is 34.8 Å². The van der Waals surface area contributed by atoms with Gasteiger partial charge in [-0.2, -0.15) is 0 Å². The minimum Gasteiger partial charge on any atom is -0.379 e.